The molecule has 2 atom stereocenters. The molecule has 148 valence electrons. The van der Waals surface area contributed by atoms with E-state index in [0.717, 1.165) is 18.9 Å². The van der Waals surface area contributed by atoms with Crippen LogP contribution >= 0.6 is 0 Å². The molecule has 2 aliphatic rings. The number of rotatable bonds is 4. The summed E-state index contributed by atoms with van der Waals surface area (Å²) in [6, 6.07) is 3.39. The van der Waals surface area contributed by atoms with Crippen molar-refractivity contribution in [2.45, 2.75) is 44.0 Å². The Labute approximate surface area is 155 Å². The largest absolute Gasteiger partial charge is 0.418 e. The summed E-state index contributed by atoms with van der Waals surface area (Å²) in [6.45, 7) is 1.37. The summed E-state index contributed by atoms with van der Waals surface area (Å²) in [5, 5.41) is 5.09. The number of likely N-dealkylation sites (tertiary alicyclic amines) is 1. The average Bonchev–Trinajstić information content (AvgIpc) is 3.31. The van der Waals surface area contributed by atoms with Crippen molar-refractivity contribution in [2.24, 2.45) is 0 Å². The molecule has 2 saturated heterocycles. The first-order chi connectivity index (χ1) is 12.9. The molecule has 3 amide bonds. The van der Waals surface area contributed by atoms with Crippen LogP contribution in [0.25, 0.3) is 0 Å². The molecule has 0 radical (unpaired) electrons. The van der Waals surface area contributed by atoms with E-state index in [1.807, 2.05) is 0 Å². The number of benzene rings is 1. The molecular formula is C18H22F3N3O3. The van der Waals surface area contributed by atoms with Gasteiger partial charge in [0.25, 0.3) is 0 Å². The number of halogens is 3. The highest BCUT2D eigenvalue weighted by Gasteiger charge is 2.37. The standard InChI is InChI=1S/C18H22F3N3O3/c19-18(20,21)13-6-1-2-7-14(13)23-17(26)24-9-3-8-15(24)16(25)22-11-12-5-4-10-27-12/h1-2,6-7,12,15H,3-5,8-11H2,(H,22,25)(H,23,26)/t12-,15-/m1/s1. The summed E-state index contributed by atoms with van der Waals surface area (Å²) >= 11 is 0. The zero-order valence-corrected chi connectivity index (χ0v) is 14.7. The molecule has 0 spiro atoms. The molecule has 9 heteroatoms. The van der Waals surface area contributed by atoms with Crippen LogP contribution < -0.4 is 10.6 Å². The first-order valence-electron chi connectivity index (χ1n) is 8.99. The van der Waals surface area contributed by atoms with E-state index in [1.165, 1.54) is 23.1 Å². The van der Waals surface area contributed by atoms with Gasteiger partial charge in [-0.1, -0.05) is 12.1 Å². The lowest BCUT2D eigenvalue weighted by Gasteiger charge is -2.25. The minimum absolute atomic E-state index is 0.0173. The summed E-state index contributed by atoms with van der Waals surface area (Å²) in [4.78, 5) is 26.2. The van der Waals surface area contributed by atoms with Gasteiger partial charge in [0.2, 0.25) is 5.91 Å². The van der Waals surface area contributed by atoms with Gasteiger partial charge in [0, 0.05) is 19.7 Å². The number of urea groups is 1. The summed E-state index contributed by atoms with van der Waals surface area (Å²) in [7, 11) is 0. The van der Waals surface area contributed by atoms with Crippen LogP contribution in [-0.2, 0) is 15.7 Å². The summed E-state index contributed by atoms with van der Waals surface area (Å²) in [5.41, 5.74) is -1.24. The number of para-hydroxylation sites is 1. The van der Waals surface area contributed by atoms with E-state index >= 15 is 0 Å². The van der Waals surface area contributed by atoms with Crippen LogP contribution in [0, 0.1) is 0 Å². The Morgan fingerprint density at radius 3 is 2.67 bits per heavy atom. The van der Waals surface area contributed by atoms with Crippen LogP contribution in [0.5, 0.6) is 0 Å². The number of carbonyl (C=O) groups is 2. The Balaban J connectivity index is 1.63. The van der Waals surface area contributed by atoms with Gasteiger partial charge in [-0.2, -0.15) is 13.2 Å². The van der Waals surface area contributed by atoms with Crippen molar-refractivity contribution in [1.82, 2.24) is 10.2 Å². The monoisotopic (exact) mass is 385 g/mol. The number of nitrogens with one attached hydrogen (secondary N) is 2. The lowest BCUT2D eigenvalue weighted by atomic mass is 10.1. The second-order valence-electron chi connectivity index (χ2n) is 6.71. The lowest BCUT2D eigenvalue weighted by Crippen LogP contribution is -2.48. The number of amides is 3. The molecule has 0 aliphatic carbocycles. The molecule has 6 nitrogen and oxygen atoms in total. The van der Waals surface area contributed by atoms with E-state index in [-0.39, 0.29) is 17.7 Å². The number of alkyl halides is 3. The highest BCUT2D eigenvalue weighted by atomic mass is 19.4. The minimum Gasteiger partial charge on any atom is -0.376 e. The van der Waals surface area contributed by atoms with Crippen LogP contribution in [0.4, 0.5) is 23.7 Å². The Hall–Kier alpha value is -2.29. The fourth-order valence-corrected chi connectivity index (χ4v) is 3.45. The van der Waals surface area contributed by atoms with Crippen LogP contribution in [0.1, 0.15) is 31.2 Å². The van der Waals surface area contributed by atoms with Gasteiger partial charge in [0.15, 0.2) is 0 Å². The van der Waals surface area contributed by atoms with Gasteiger partial charge >= 0.3 is 12.2 Å². The highest BCUT2D eigenvalue weighted by molar-refractivity contribution is 5.94. The molecule has 0 aromatic heterocycles. The number of ether oxygens (including phenoxy) is 1. The molecule has 2 aliphatic heterocycles. The Bertz CT molecular complexity index is 690. The predicted octanol–water partition coefficient (Wildman–Crippen LogP) is 3.00. The highest BCUT2D eigenvalue weighted by Crippen LogP contribution is 2.35. The molecule has 3 rings (SSSR count). The van der Waals surface area contributed by atoms with Gasteiger partial charge in [-0.05, 0) is 37.8 Å². The molecule has 27 heavy (non-hydrogen) atoms. The fourth-order valence-electron chi connectivity index (χ4n) is 3.45. The molecule has 0 saturated carbocycles. The third-order valence-electron chi connectivity index (χ3n) is 4.82. The molecule has 2 N–H and O–H groups in total. The molecule has 0 unspecified atom stereocenters. The first-order valence-corrected chi connectivity index (χ1v) is 8.99. The SMILES string of the molecule is O=C(NC[C@H]1CCCO1)[C@H]1CCCN1C(=O)Nc1ccccc1C(F)(F)F. The van der Waals surface area contributed by atoms with Gasteiger partial charge in [-0.25, -0.2) is 4.79 Å². The lowest BCUT2D eigenvalue weighted by molar-refractivity contribution is -0.137. The van der Waals surface area contributed by atoms with Crippen molar-refractivity contribution in [2.75, 3.05) is 25.0 Å². The Morgan fingerprint density at radius 1 is 1.19 bits per heavy atom. The van der Waals surface area contributed by atoms with Crippen LogP contribution in [0.3, 0.4) is 0 Å². The minimum atomic E-state index is -4.58. The summed E-state index contributed by atoms with van der Waals surface area (Å²) in [5.74, 6) is -0.303. The number of anilines is 1. The molecule has 0 bridgehead atoms. The van der Waals surface area contributed by atoms with Gasteiger partial charge in [-0.15, -0.1) is 0 Å². The Kier molecular flexibility index (Phi) is 5.88. The zero-order valence-electron chi connectivity index (χ0n) is 14.7. The first kappa shape index (κ1) is 19.5. The van der Waals surface area contributed by atoms with E-state index in [2.05, 4.69) is 10.6 Å². The molecule has 1 aromatic rings. The van der Waals surface area contributed by atoms with E-state index < -0.39 is 23.8 Å². The maximum atomic E-state index is 13.1. The number of hydrogen-bond donors (Lipinski definition) is 2. The summed E-state index contributed by atoms with van der Waals surface area (Å²) in [6.07, 6.45) is -1.66. The van der Waals surface area contributed by atoms with E-state index in [1.54, 1.807) is 0 Å². The molecule has 2 heterocycles. The smallest absolute Gasteiger partial charge is 0.376 e. The Morgan fingerprint density at radius 2 is 1.96 bits per heavy atom. The van der Waals surface area contributed by atoms with E-state index in [9.17, 15) is 22.8 Å². The normalized spacial score (nSPS) is 22.7. The number of nitrogens with zero attached hydrogens (tertiary/aromatic N) is 1. The van der Waals surface area contributed by atoms with Gasteiger partial charge in [-0.3, -0.25) is 4.79 Å². The maximum Gasteiger partial charge on any atom is 0.418 e. The van der Waals surface area contributed by atoms with Crippen LogP contribution in [0.15, 0.2) is 24.3 Å². The van der Waals surface area contributed by atoms with Crippen molar-refractivity contribution in [3.8, 4) is 0 Å². The molecule has 2 fully saturated rings. The number of carbonyl (C=O) groups excluding carboxylic acids is 2. The van der Waals surface area contributed by atoms with Gasteiger partial charge in [0.05, 0.1) is 17.4 Å². The molecule has 1 aromatic carbocycles. The second-order valence-corrected chi connectivity index (χ2v) is 6.71. The van der Waals surface area contributed by atoms with Crippen molar-refractivity contribution in [1.29, 1.82) is 0 Å². The van der Waals surface area contributed by atoms with Crippen molar-refractivity contribution >= 4 is 17.6 Å². The topological polar surface area (TPSA) is 70.7 Å². The maximum absolute atomic E-state index is 13.1. The summed E-state index contributed by atoms with van der Waals surface area (Å²) < 4.78 is 44.7. The van der Waals surface area contributed by atoms with Crippen molar-refractivity contribution in [3.05, 3.63) is 29.8 Å². The zero-order chi connectivity index (χ0) is 19.4. The van der Waals surface area contributed by atoms with Crippen molar-refractivity contribution < 1.29 is 27.5 Å². The average molecular weight is 385 g/mol. The third-order valence-corrected chi connectivity index (χ3v) is 4.82. The quantitative estimate of drug-likeness (QED) is 0.837. The fraction of sp³-hybridized carbons (Fsp3) is 0.556. The third kappa shape index (κ3) is 4.71. The van der Waals surface area contributed by atoms with E-state index in [0.29, 0.717) is 32.5 Å². The van der Waals surface area contributed by atoms with Crippen LogP contribution in [-0.4, -0.2) is 48.7 Å². The van der Waals surface area contributed by atoms with Gasteiger partial charge < -0.3 is 20.3 Å². The van der Waals surface area contributed by atoms with Gasteiger partial charge in [0.1, 0.15) is 6.04 Å². The van der Waals surface area contributed by atoms with E-state index in [4.69, 9.17) is 4.74 Å². The second kappa shape index (κ2) is 8.16. The number of hydrogen-bond acceptors (Lipinski definition) is 3. The predicted molar refractivity (Wildman–Crippen MR) is 92.2 cm³/mol. The van der Waals surface area contributed by atoms with Crippen molar-refractivity contribution in [3.63, 3.8) is 0 Å². The molecular weight excluding hydrogens is 363 g/mol. The van der Waals surface area contributed by atoms with Crippen LogP contribution in [0.2, 0.25) is 0 Å².